The average molecular weight is 208 g/mol. The van der Waals surface area contributed by atoms with E-state index in [0.717, 1.165) is 5.56 Å². The summed E-state index contributed by atoms with van der Waals surface area (Å²) in [6.07, 6.45) is 1.85. The molecule has 0 N–H and O–H groups in total. The van der Waals surface area contributed by atoms with Crippen molar-refractivity contribution >= 4 is 11.8 Å². The molecule has 0 bridgehead atoms. The third-order valence-corrected chi connectivity index (χ3v) is 2.48. The molecule has 0 fully saturated rings. The van der Waals surface area contributed by atoms with Gasteiger partial charge in [-0.15, -0.1) is 0 Å². The highest BCUT2D eigenvalue weighted by molar-refractivity contribution is 7.98. The summed E-state index contributed by atoms with van der Waals surface area (Å²) in [5.41, 5.74) is 1.28. The largest absolute Gasteiger partial charge is 0.359 e. The Hall–Kier alpha value is -1.49. The van der Waals surface area contributed by atoms with Gasteiger partial charge in [-0.2, -0.15) is 0 Å². The van der Waals surface area contributed by atoms with Crippen LogP contribution in [0.25, 0.3) is 11.3 Å². The molecule has 72 valence electrons. The molecule has 0 aliphatic rings. The van der Waals surface area contributed by atoms with Gasteiger partial charge < -0.3 is 5.21 Å². The molecule has 2 rings (SSSR count). The van der Waals surface area contributed by atoms with Crippen molar-refractivity contribution < 1.29 is 9.53 Å². The number of hydrogen-bond donors (Lipinski definition) is 0. The van der Waals surface area contributed by atoms with Gasteiger partial charge in [-0.3, -0.25) is 4.63 Å². The molecule has 0 saturated carbocycles. The first-order valence-corrected chi connectivity index (χ1v) is 5.24. The third kappa shape index (κ3) is 1.46. The number of nitrogens with zero attached hydrogens (tertiary/aromatic N) is 2. The molecule has 0 atom stereocenters. The maximum absolute atomic E-state index is 11.3. The smallest absolute Gasteiger partial charge is 0.282 e. The summed E-state index contributed by atoms with van der Waals surface area (Å²) in [6.45, 7) is 0. The van der Waals surface area contributed by atoms with E-state index in [1.165, 1.54) is 11.8 Å². The van der Waals surface area contributed by atoms with E-state index in [4.69, 9.17) is 0 Å². The molecule has 4 nitrogen and oxygen atoms in total. The van der Waals surface area contributed by atoms with Crippen molar-refractivity contribution in [3.8, 4) is 11.3 Å². The zero-order valence-electron chi connectivity index (χ0n) is 7.51. The Morgan fingerprint density at radius 3 is 2.71 bits per heavy atom. The molecule has 1 aromatic carbocycles. The van der Waals surface area contributed by atoms with Gasteiger partial charge in [0, 0.05) is 5.56 Å². The molecule has 0 amide bonds. The first kappa shape index (κ1) is 9.08. The monoisotopic (exact) mass is 208 g/mol. The normalized spacial score (nSPS) is 10.4. The van der Waals surface area contributed by atoms with E-state index in [-0.39, 0.29) is 0 Å². The van der Waals surface area contributed by atoms with Gasteiger partial charge in [-0.1, -0.05) is 42.1 Å². The SMILES string of the molecule is CSc1no[n+]([O-])c1-c1ccccc1. The average Bonchev–Trinajstić information content (AvgIpc) is 2.61. The van der Waals surface area contributed by atoms with Gasteiger partial charge in [0.25, 0.3) is 5.03 Å². The second-order valence-corrected chi connectivity index (χ2v) is 3.45. The molecule has 0 unspecified atom stereocenters. The maximum Gasteiger partial charge on any atom is 0.282 e. The Bertz CT molecular complexity index is 428. The number of rotatable bonds is 2. The fraction of sp³-hybridized carbons (Fsp3) is 0.111. The van der Waals surface area contributed by atoms with E-state index in [1.807, 2.05) is 36.6 Å². The molecule has 0 saturated heterocycles. The van der Waals surface area contributed by atoms with E-state index >= 15 is 0 Å². The Labute approximate surface area is 85.1 Å². The number of hydrogen-bond acceptors (Lipinski definition) is 4. The minimum Gasteiger partial charge on any atom is -0.359 e. The first-order valence-electron chi connectivity index (χ1n) is 4.02. The summed E-state index contributed by atoms with van der Waals surface area (Å²) < 4.78 is 4.53. The molecule has 2 aromatic rings. The Morgan fingerprint density at radius 2 is 2.07 bits per heavy atom. The molecule has 0 aliphatic carbocycles. The molecule has 5 heteroatoms. The van der Waals surface area contributed by atoms with Crippen LogP contribution in [0.3, 0.4) is 0 Å². The van der Waals surface area contributed by atoms with Gasteiger partial charge in [0.2, 0.25) is 5.69 Å². The number of benzene rings is 1. The van der Waals surface area contributed by atoms with Gasteiger partial charge in [0.05, 0.1) is 5.16 Å². The van der Waals surface area contributed by atoms with Gasteiger partial charge in [-0.05, 0) is 11.2 Å². The van der Waals surface area contributed by atoms with Crippen molar-refractivity contribution in [3.05, 3.63) is 35.5 Å². The molecule has 14 heavy (non-hydrogen) atoms. The zero-order chi connectivity index (χ0) is 9.97. The molecular weight excluding hydrogens is 200 g/mol. The van der Waals surface area contributed by atoms with Crippen LogP contribution in [0.4, 0.5) is 0 Å². The van der Waals surface area contributed by atoms with E-state index in [2.05, 4.69) is 9.79 Å². The van der Waals surface area contributed by atoms with E-state index in [0.29, 0.717) is 15.6 Å². The van der Waals surface area contributed by atoms with Crippen LogP contribution in [0.5, 0.6) is 0 Å². The number of aromatic nitrogens is 2. The summed E-state index contributed by atoms with van der Waals surface area (Å²) in [4.78, 5) is 0.432. The zero-order valence-corrected chi connectivity index (χ0v) is 8.32. The van der Waals surface area contributed by atoms with Gasteiger partial charge >= 0.3 is 0 Å². The number of thioether (sulfide) groups is 1. The highest BCUT2D eigenvalue weighted by Gasteiger charge is 2.19. The fourth-order valence-corrected chi connectivity index (χ4v) is 1.69. The second kappa shape index (κ2) is 3.71. The van der Waals surface area contributed by atoms with Gasteiger partial charge in [-0.25, -0.2) is 0 Å². The molecule has 1 aromatic heterocycles. The maximum atomic E-state index is 11.3. The second-order valence-electron chi connectivity index (χ2n) is 2.65. The van der Waals surface area contributed by atoms with Crippen LogP contribution >= 0.6 is 11.8 Å². The standard InChI is InChI=1S/C9H8N2O2S/c1-14-9-8(11(12)13-10-9)7-5-3-2-4-6-7/h2-6H,1H3. The van der Waals surface area contributed by atoms with Crippen molar-refractivity contribution in [2.75, 3.05) is 6.26 Å². The minimum absolute atomic E-state index is 0.432. The topological polar surface area (TPSA) is 53.0 Å². The first-order chi connectivity index (χ1) is 6.83. The Morgan fingerprint density at radius 1 is 1.36 bits per heavy atom. The lowest BCUT2D eigenvalue weighted by Crippen LogP contribution is -2.25. The Kier molecular flexibility index (Phi) is 2.41. The molecular formula is C9H8N2O2S. The van der Waals surface area contributed by atoms with Gasteiger partial charge in [0.1, 0.15) is 0 Å². The summed E-state index contributed by atoms with van der Waals surface area (Å²) in [5.74, 6) is 0. The fourth-order valence-electron chi connectivity index (χ4n) is 1.20. The molecule has 0 aliphatic heterocycles. The van der Waals surface area contributed by atoms with Crippen molar-refractivity contribution in [2.24, 2.45) is 0 Å². The summed E-state index contributed by atoms with van der Waals surface area (Å²) in [5, 5.41) is 15.5. The van der Waals surface area contributed by atoms with Gasteiger partial charge in [0.15, 0.2) is 0 Å². The van der Waals surface area contributed by atoms with Crippen molar-refractivity contribution in [1.82, 2.24) is 5.16 Å². The molecule has 0 spiro atoms. The minimum atomic E-state index is 0.432. The molecule has 1 heterocycles. The van der Waals surface area contributed by atoms with E-state index in [1.54, 1.807) is 0 Å². The van der Waals surface area contributed by atoms with E-state index in [9.17, 15) is 5.21 Å². The van der Waals surface area contributed by atoms with Crippen molar-refractivity contribution in [1.29, 1.82) is 0 Å². The van der Waals surface area contributed by atoms with Crippen molar-refractivity contribution in [3.63, 3.8) is 0 Å². The van der Waals surface area contributed by atoms with Crippen LogP contribution in [0.1, 0.15) is 0 Å². The van der Waals surface area contributed by atoms with Crippen molar-refractivity contribution in [2.45, 2.75) is 5.03 Å². The van der Waals surface area contributed by atoms with Crippen LogP contribution in [0.2, 0.25) is 0 Å². The van der Waals surface area contributed by atoms with E-state index < -0.39 is 0 Å². The lowest BCUT2D eigenvalue weighted by Gasteiger charge is -1.95. The van der Waals surface area contributed by atoms with Crippen LogP contribution in [0, 0.1) is 5.21 Å². The van der Waals surface area contributed by atoms with Crippen LogP contribution in [-0.2, 0) is 0 Å². The predicted molar refractivity (Wildman–Crippen MR) is 52.7 cm³/mol. The molecule has 0 radical (unpaired) electrons. The lowest BCUT2D eigenvalue weighted by molar-refractivity contribution is -0.793. The quantitative estimate of drug-likeness (QED) is 0.556. The highest BCUT2D eigenvalue weighted by atomic mass is 32.2. The van der Waals surface area contributed by atoms with Crippen LogP contribution in [0.15, 0.2) is 40.0 Å². The van der Waals surface area contributed by atoms with Crippen LogP contribution < -0.4 is 4.90 Å². The highest BCUT2D eigenvalue weighted by Crippen LogP contribution is 2.24. The third-order valence-electron chi connectivity index (χ3n) is 1.82. The predicted octanol–water partition coefficient (Wildman–Crippen LogP) is 1.70. The Balaban J connectivity index is 2.55. The summed E-state index contributed by atoms with van der Waals surface area (Å²) in [6, 6.07) is 9.32. The lowest BCUT2D eigenvalue weighted by atomic mass is 10.2. The summed E-state index contributed by atoms with van der Waals surface area (Å²) >= 11 is 1.39. The summed E-state index contributed by atoms with van der Waals surface area (Å²) in [7, 11) is 0. The van der Waals surface area contributed by atoms with Crippen LogP contribution in [-0.4, -0.2) is 11.4 Å².